The first-order valence-electron chi connectivity index (χ1n) is 6.49. The van der Waals surface area contributed by atoms with Crippen LogP contribution >= 0.6 is 23.2 Å². The molecule has 0 unspecified atom stereocenters. The molecule has 0 atom stereocenters. The molecule has 1 aliphatic carbocycles. The molecule has 0 N–H and O–H groups in total. The molecule has 96 valence electrons. The number of hydrogen-bond donors (Lipinski definition) is 0. The molecule has 0 bridgehead atoms. The van der Waals surface area contributed by atoms with E-state index in [2.05, 4.69) is 24.6 Å². The fraction of sp³-hybridized carbons (Fsp3) is 0.467. The van der Waals surface area contributed by atoms with Gasteiger partial charge in [-0.1, -0.05) is 49.0 Å². The van der Waals surface area contributed by atoms with E-state index < -0.39 is 0 Å². The van der Waals surface area contributed by atoms with Gasteiger partial charge in [0.1, 0.15) is 0 Å². The quantitative estimate of drug-likeness (QED) is 0.635. The van der Waals surface area contributed by atoms with Crippen LogP contribution in [0.5, 0.6) is 0 Å². The van der Waals surface area contributed by atoms with Crippen molar-refractivity contribution in [2.75, 3.05) is 11.9 Å². The zero-order valence-corrected chi connectivity index (χ0v) is 12.1. The van der Waals surface area contributed by atoms with Crippen LogP contribution in [0.2, 0.25) is 10.0 Å². The van der Waals surface area contributed by atoms with Gasteiger partial charge < -0.3 is 4.90 Å². The average molecular weight is 282 g/mol. The largest absolute Gasteiger partial charge is 0.346 e. The molecular weight excluding hydrogens is 265 g/mol. The molecule has 3 rings (SSSR count). The molecule has 0 amide bonds. The van der Waals surface area contributed by atoms with E-state index in [1.54, 1.807) is 0 Å². The number of likely N-dealkylation sites (N-methyl/N-ethyl adjacent to an activating group) is 1. The van der Waals surface area contributed by atoms with Crippen molar-refractivity contribution < 1.29 is 0 Å². The van der Waals surface area contributed by atoms with Crippen LogP contribution in [0, 0.1) is 0 Å². The van der Waals surface area contributed by atoms with E-state index in [1.165, 1.54) is 43.4 Å². The monoisotopic (exact) mass is 281 g/mol. The molecule has 1 nitrogen and oxygen atoms in total. The van der Waals surface area contributed by atoms with Gasteiger partial charge in [-0.3, -0.25) is 0 Å². The molecule has 1 aromatic carbocycles. The summed E-state index contributed by atoms with van der Waals surface area (Å²) in [6.45, 7) is 4.32. The summed E-state index contributed by atoms with van der Waals surface area (Å²) in [4.78, 5) is 2.15. The molecule has 18 heavy (non-hydrogen) atoms. The van der Waals surface area contributed by atoms with Crippen molar-refractivity contribution in [1.82, 2.24) is 0 Å². The second kappa shape index (κ2) is 4.18. The SMILES string of the molecule is C=C1N(C)c2c(Cl)cc(Cl)cc2C12CCCCC2. The fourth-order valence-electron chi connectivity index (χ4n) is 3.60. The lowest BCUT2D eigenvalue weighted by Gasteiger charge is -2.35. The van der Waals surface area contributed by atoms with E-state index in [0.717, 1.165) is 15.7 Å². The summed E-state index contributed by atoms with van der Waals surface area (Å²) < 4.78 is 0. The topological polar surface area (TPSA) is 3.24 Å². The van der Waals surface area contributed by atoms with Crippen molar-refractivity contribution >= 4 is 28.9 Å². The predicted molar refractivity (Wildman–Crippen MR) is 78.8 cm³/mol. The van der Waals surface area contributed by atoms with E-state index in [4.69, 9.17) is 23.2 Å². The van der Waals surface area contributed by atoms with Crippen LogP contribution in [0.25, 0.3) is 0 Å². The van der Waals surface area contributed by atoms with Crippen molar-refractivity contribution in [3.8, 4) is 0 Å². The van der Waals surface area contributed by atoms with E-state index in [9.17, 15) is 0 Å². The number of anilines is 1. The van der Waals surface area contributed by atoms with Gasteiger partial charge >= 0.3 is 0 Å². The highest BCUT2D eigenvalue weighted by atomic mass is 35.5. The van der Waals surface area contributed by atoms with E-state index in [0.29, 0.717) is 0 Å². The highest BCUT2D eigenvalue weighted by molar-refractivity contribution is 6.37. The second-order valence-corrected chi connectivity index (χ2v) is 6.28. The van der Waals surface area contributed by atoms with Crippen LogP contribution < -0.4 is 4.90 Å². The Kier molecular flexibility index (Phi) is 2.87. The Labute approximate surface area is 118 Å². The van der Waals surface area contributed by atoms with E-state index in [-0.39, 0.29) is 5.41 Å². The highest BCUT2D eigenvalue weighted by Crippen LogP contribution is 2.56. The molecule has 0 saturated heterocycles. The number of nitrogens with zero attached hydrogens (tertiary/aromatic N) is 1. The van der Waals surface area contributed by atoms with Crippen molar-refractivity contribution in [3.63, 3.8) is 0 Å². The summed E-state index contributed by atoms with van der Waals surface area (Å²) in [5, 5.41) is 1.47. The molecule has 1 saturated carbocycles. The summed E-state index contributed by atoms with van der Waals surface area (Å²) in [7, 11) is 2.06. The number of benzene rings is 1. The molecule has 1 aliphatic heterocycles. The van der Waals surface area contributed by atoms with Gasteiger partial charge in [-0.05, 0) is 30.5 Å². The highest BCUT2D eigenvalue weighted by Gasteiger charge is 2.46. The number of halogens is 2. The minimum absolute atomic E-state index is 0.0802. The minimum Gasteiger partial charge on any atom is -0.346 e. The van der Waals surface area contributed by atoms with Gasteiger partial charge in [0.15, 0.2) is 0 Å². The van der Waals surface area contributed by atoms with Gasteiger partial charge in [-0.2, -0.15) is 0 Å². The molecule has 1 heterocycles. The summed E-state index contributed by atoms with van der Waals surface area (Å²) in [5.74, 6) is 0. The van der Waals surface area contributed by atoms with Gasteiger partial charge in [0, 0.05) is 23.2 Å². The number of rotatable bonds is 0. The summed E-state index contributed by atoms with van der Waals surface area (Å²) in [6, 6.07) is 3.91. The van der Waals surface area contributed by atoms with Crippen LogP contribution in [0.1, 0.15) is 37.7 Å². The Morgan fingerprint density at radius 3 is 2.50 bits per heavy atom. The van der Waals surface area contributed by atoms with Gasteiger partial charge in [-0.15, -0.1) is 0 Å². The maximum Gasteiger partial charge on any atom is 0.0660 e. The molecule has 0 radical (unpaired) electrons. The Hall–Kier alpha value is -0.660. The molecule has 1 spiro atoms. The third-order valence-electron chi connectivity index (χ3n) is 4.54. The Balaban J connectivity index is 2.23. The van der Waals surface area contributed by atoms with Gasteiger partial charge in [-0.25, -0.2) is 0 Å². The molecular formula is C15H17Cl2N. The molecule has 0 aromatic heterocycles. The van der Waals surface area contributed by atoms with Crippen LogP contribution in [0.15, 0.2) is 24.4 Å². The zero-order valence-electron chi connectivity index (χ0n) is 10.6. The minimum atomic E-state index is 0.0802. The number of hydrogen-bond acceptors (Lipinski definition) is 1. The molecule has 3 heteroatoms. The van der Waals surface area contributed by atoms with Crippen molar-refractivity contribution in [2.24, 2.45) is 0 Å². The lowest BCUT2D eigenvalue weighted by molar-refractivity contribution is 0.347. The van der Waals surface area contributed by atoms with Crippen molar-refractivity contribution in [1.29, 1.82) is 0 Å². The third-order valence-corrected chi connectivity index (χ3v) is 5.05. The van der Waals surface area contributed by atoms with Crippen molar-refractivity contribution in [3.05, 3.63) is 40.0 Å². The maximum absolute atomic E-state index is 6.37. The molecule has 2 aliphatic rings. The van der Waals surface area contributed by atoms with Crippen LogP contribution in [0.3, 0.4) is 0 Å². The smallest absolute Gasteiger partial charge is 0.0660 e. The van der Waals surface area contributed by atoms with E-state index >= 15 is 0 Å². The summed E-state index contributed by atoms with van der Waals surface area (Å²) in [6.07, 6.45) is 6.18. The predicted octanol–water partition coefficient (Wildman–Crippen LogP) is 5.16. The van der Waals surface area contributed by atoms with Gasteiger partial charge in [0.05, 0.1) is 10.7 Å². The summed E-state index contributed by atoms with van der Waals surface area (Å²) >= 11 is 12.6. The lowest BCUT2D eigenvalue weighted by Crippen LogP contribution is -2.31. The lowest BCUT2D eigenvalue weighted by atomic mass is 9.69. The van der Waals surface area contributed by atoms with Crippen LogP contribution in [-0.2, 0) is 5.41 Å². The third kappa shape index (κ3) is 1.53. The standard InChI is InChI=1S/C15H17Cl2N/c1-10-15(6-4-3-5-7-15)12-8-11(16)9-13(17)14(12)18(10)2/h8-9H,1,3-7H2,2H3. The van der Waals surface area contributed by atoms with Crippen LogP contribution in [-0.4, -0.2) is 7.05 Å². The maximum atomic E-state index is 6.37. The Morgan fingerprint density at radius 1 is 1.17 bits per heavy atom. The Morgan fingerprint density at radius 2 is 1.83 bits per heavy atom. The van der Waals surface area contributed by atoms with Crippen LogP contribution in [0.4, 0.5) is 5.69 Å². The van der Waals surface area contributed by atoms with E-state index in [1.807, 2.05) is 6.07 Å². The number of allylic oxidation sites excluding steroid dienone is 1. The van der Waals surface area contributed by atoms with Gasteiger partial charge in [0.2, 0.25) is 0 Å². The molecule has 1 fully saturated rings. The molecule has 1 aromatic rings. The fourth-order valence-corrected chi connectivity index (χ4v) is 4.22. The normalized spacial score (nSPS) is 21.5. The first kappa shape index (κ1) is 12.4. The summed E-state index contributed by atoms with van der Waals surface area (Å²) in [5.41, 5.74) is 3.65. The van der Waals surface area contributed by atoms with Crippen molar-refractivity contribution in [2.45, 2.75) is 37.5 Å². The number of fused-ring (bicyclic) bond motifs is 2. The van der Waals surface area contributed by atoms with Gasteiger partial charge in [0.25, 0.3) is 0 Å². The Bertz CT molecular complexity index is 515. The first-order chi connectivity index (χ1) is 8.56. The second-order valence-electron chi connectivity index (χ2n) is 5.43. The average Bonchev–Trinajstić information content (AvgIpc) is 2.54. The first-order valence-corrected chi connectivity index (χ1v) is 7.24. The zero-order chi connectivity index (χ0) is 12.9.